The maximum Gasteiger partial charge on any atom is 0.228 e. The molecule has 0 saturated heterocycles. The fraction of sp³-hybridized carbons (Fsp3) is 0.0833. The summed E-state index contributed by atoms with van der Waals surface area (Å²) >= 11 is 1.61. The van der Waals surface area contributed by atoms with Crippen molar-refractivity contribution < 1.29 is 9.53 Å². The Kier molecular flexibility index (Phi) is 5.68. The molecule has 0 bridgehead atoms. The van der Waals surface area contributed by atoms with Gasteiger partial charge in [-0.05, 0) is 29.8 Å². The summed E-state index contributed by atoms with van der Waals surface area (Å²) in [4.78, 5) is 17.2. The van der Waals surface area contributed by atoms with E-state index in [1.54, 1.807) is 18.4 Å². The largest absolute Gasteiger partial charge is 0.497 e. The van der Waals surface area contributed by atoms with Gasteiger partial charge in [-0.3, -0.25) is 4.79 Å². The van der Waals surface area contributed by atoms with E-state index < -0.39 is 0 Å². The summed E-state index contributed by atoms with van der Waals surface area (Å²) in [5.74, 6) is 0.718. The van der Waals surface area contributed by atoms with Crippen molar-refractivity contribution in [3.05, 3.63) is 89.8 Å². The van der Waals surface area contributed by atoms with Crippen LogP contribution in [0.3, 0.4) is 0 Å². The van der Waals surface area contributed by atoms with Crippen LogP contribution in [0.4, 0.5) is 5.69 Å². The highest BCUT2D eigenvalue weighted by Gasteiger charge is 2.09. The topological polar surface area (TPSA) is 51.2 Å². The number of hydrogen-bond donors (Lipinski definition) is 1. The fourth-order valence-corrected chi connectivity index (χ4v) is 3.85. The van der Waals surface area contributed by atoms with Crippen molar-refractivity contribution in [2.75, 3.05) is 12.4 Å². The molecule has 0 fully saturated rings. The van der Waals surface area contributed by atoms with Gasteiger partial charge >= 0.3 is 0 Å². The standard InChI is InChI=1S/C24H20N2O2S/c1-28-21-12-10-17(11-13-21)14-23(27)25-20-9-5-8-19(15-20)22-16-29-24(26-22)18-6-3-2-4-7-18/h2-13,15-16H,14H2,1H3,(H,25,27). The lowest BCUT2D eigenvalue weighted by Gasteiger charge is -2.07. The first kappa shape index (κ1) is 18.9. The lowest BCUT2D eigenvalue weighted by Crippen LogP contribution is -2.14. The summed E-state index contributed by atoms with van der Waals surface area (Å²) in [6.45, 7) is 0. The molecule has 29 heavy (non-hydrogen) atoms. The first-order valence-corrected chi connectivity index (χ1v) is 10.1. The summed E-state index contributed by atoms with van der Waals surface area (Å²) in [5, 5.41) is 6.00. The van der Waals surface area contributed by atoms with Crippen LogP contribution < -0.4 is 10.1 Å². The smallest absolute Gasteiger partial charge is 0.228 e. The van der Waals surface area contributed by atoms with Crippen molar-refractivity contribution in [2.45, 2.75) is 6.42 Å². The SMILES string of the molecule is COc1ccc(CC(=O)Nc2cccc(-c3csc(-c4ccccc4)n3)c2)cc1. The lowest BCUT2D eigenvalue weighted by molar-refractivity contribution is -0.115. The molecule has 0 aliphatic rings. The third-order valence-corrected chi connectivity index (χ3v) is 5.38. The molecule has 1 amide bonds. The number of hydrogen-bond acceptors (Lipinski definition) is 4. The summed E-state index contributed by atoms with van der Waals surface area (Å²) in [6, 6.07) is 25.4. The molecule has 3 aromatic carbocycles. The van der Waals surface area contributed by atoms with E-state index >= 15 is 0 Å². The van der Waals surface area contributed by atoms with Gasteiger partial charge in [0.15, 0.2) is 0 Å². The van der Waals surface area contributed by atoms with E-state index in [4.69, 9.17) is 9.72 Å². The van der Waals surface area contributed by atoms with E-state index in [1.165, 1.54) is 0 Å². The van der Waals surface area contributed by atoms with Crippen molar-refractivity contribution in [1.82, 2.24) is 4.98 Å². The van der Waals surface area contributed by atoms with Crippen molar-refractivity contribution in [3.8, 4) is 27.6 Å². The van der Waals surface area contributed by atoms with Gasteiger partial charge in [0.05, 0.1) is 19.2 Å². The summed E-state index contributed by atoms with van der Waals surface area (Å²) in [5.41, 5.74) is 4.68. The maximum atomic E-state index is 12.4. The number of methoxy groups -OCH3 is 1. The second-order valence-corrected chi connectivity index (χ2v) is 7.42. The molecule has 0 radical (unpaired) electrons. The fourth-order valence-electron chi connectivity index (χ4n) is 3.01. The number of ether oxygens (including phenoxy) is 1. The quantitative estimate of drug-likeness (QED) is 0.454. The first-order chi connectivity index (χ1) is 14.2. The van der Waals surface area contributed by atoms with Crippen molar-refractivity contribution in [1.29, 1.82) is 0 Å². The van der Waals surface area contributed by atoms with Crippen LogP contribution in [0.1, 0.15) is 5.56 Å². The average Bonchev–Trinajstić information content (AvgIpc) is 3.25. The van der Waals surface area contributed by atoms with Gasteiger partial charge in [0.25, 0.3) is 0 Å². The zero-order chi connectivity index (χ0) is 20.1. The first-order valence-electron chi connectivity index (χ1n) is 9.25. The number of rotatable bonds is 6. The monoisotopic (exact) mass is 400 g/mol. The molecule has 0 aliphatic carbocycles. The minimum atomic E-state index is -0.0597. The van der Waals surface area contributed by atoms with E-state index in [0.717, 1.165) is 38.8 Å². The molecule has 5 heteroatoms. The molecule has 0 atom stereocenters. The Morgan fingerprint density at radius 2 is 1.72 bits per heavy atom. The zero-order valence-corrected chi connectivity index (χ0v) is 16.8. The maximum absolute atomic E-state index is 12.4. The van der Waals surface area contributed by atoms with Gasteiger partial charge in [-0.25, -0.2) is 4.98 Å². The molecular weight excluding hydrogens is 380 g/mol. The van der Waals surface area contributed by atoms with Gasteiger partial charge in [0.1, 0.15) is 10.8 Å². The number of aromatic nitrogens is 1. The van der Waals surface area contributed by atoms with Gasteiger partial charge in [0, 0.05) is 22.2 Å². The van der Waals surface area contributed by atoms with E-state index in [-0.39, 0.29) is 5.91 Å². The van der Waals surface area contributed by atoms with Crippen LogP contribution in [0.5, 0.6) is 5.75 Å². The Labute approximate surface area is 173 Å². The zero-order valence-electron chi connectivity index (χ0n) is 16.0. The highest BCUT2D eigenvalue weighted by Crippen LogP contribution is 2.29. The van der Waals surface area contributed by atoms with Gasteiger partial charge in [-0.1, -0.05) is 54.6 Å². The normalized spacial score (nSPS) is 10.5. The number of carbonyl (C=O) groups excluding carboxylic acids is 1. The minimum absolute atomic E-state index is 0.0597. The van der Waals surface area contributed by atoms with Crippen LogP contribution in [0, 0.1) is 0 Å². The van der Waals surface area contributed by atoms with Crippen LogP contribution in [0.15, 0.2) is 84.2 Å². The van der Waals surface area contributed by atoms with Gasteiger partial charge in [-0.15, -0.1) is 11.3 Å². The predicted molar refractivity (Wildman–Crippen MR) is 118 cm³/mol. The number of anilines is 1. The third-order valence-electron chi connectivity index (χ3n) is 4.49. The molecule has 0 spiro atoms. The Bertz CT molecular complexity index is 1110. The molecular formula is C24H20N2O2S. The summed E-state index contributed by atoms with van der Waals surface area (Å²) in [7, 11) is 1.62. The van der Waals surface area contributed by atoms with Crippen molar-refractivity contribution >= 4 is 22.9 Å². The molecule has 4 nitrogen and oxygen atoms in total. The lowest BCUT2D eigenvalue weighted by atomic mass is 10.1. The van der Waals surface area contributed by atoms with E-state index in [2.05, 4.69) is 17.4 Å². The third kappa shape index (κ3) is 4.70. The molecule has 0 saturated carbocycles. The van der Waals surface area contributed by atoms with Crippen molar-refractivity contribution in [3.63, 3.8) is 0 Å². The number of amides is 1. The molecule has 0 unspecified atom stereocenters. The van der Waals surface area contributed by atoms with E-state index in [1.807, 2.05) is 72.1 Å². The number of nitrogens with zero attached hydrogens (tertiary/aromatic N) is 1. The minimum Gasteiger partial charge on any atom is -0.497 e. The Morgan fingerprint density at radius 1 is 0.966 bits per heavy atom. The number of nitrogens with one attached hydrogen (secondary N) is 1. The molecule has 1 N–H and O–H groups in total. The average molecular weight is 401 g/mol. The molecule has 144 valence electrons. The predicted octanol–water partition coefficient (Wildman–Crippen LogP) is 5.67. The number of benzene rings is 3. The highest BCUT2D eigenvalue weighted by atomic mass is 32.1. The Balaban J connectivity index is 1.46. The van der Waals surface area contributed by atoms with Crippen LogP contribution in [0.2, 0.25) is 0 Å². The number of carbonyl (C=O) groups is 1. The summed E-state index contributed by atoms with van der Waals surface area (Å²) in [6.07, 6.45) is 0.309. The molecule has 4 aromatic rings. The Morgan fingerprint density at radius 3 is 2.48 bits per heavy atom. The second kappa shape index (κ2) is 8.71. The van der Waals surface area contributed by atoms with Gasteiger partial charge < -0.3 is 10.1 Å². The van der Waals surface area contributed by atoms with Crippen LogP contribution in [0.25, 0.3) is 21.8 Å². The Hall–Kier alpha value is -3.44. The molecule has 4 rings (SSSR count). The molecule has 1 heterocycles. The second-order valence-electron chi connectivity index (χ2n) is 6.56. The van der Waals surface area contributed by atoms with Gasteiger partial charge in [-0.2, -0.15) is 0 Å². The molecule has 0 aliphatic heterocycles. The van der Waals surface area contributed by atoms with Crippen LogP contribution in [-0.4, -0.2) is 18.0 Å². The van der Waals surface area contributed by atoms with Crippen LogP contribution in [-0.2, 0) is 11.2 Å². The number of thiazole rings is 1. The van der Waals surface area contributed by atoms with E-state index in [9.17, 15) is 4.79 Å². The van der Waals surface area contributed by atoms with Crippen LogP contribution >= 0.6 is 11.3 Å². The summed E-state index contributed by atoms with van der Waals surface area (Å²) < 4.78 is 5.15. The van der Waals surface area contributed by atoms with E-state index in [0.29, 0.717) is 6.42 Å². The van der Waals surface area contributed by atoms with Gasteiger partial charge in [0.2, 0.25) is 5.91 Å². The molecule has 1 aromatic heterocycles. The highest BCUT2D eigenvalue weighted by molar-refractivity contribution is 7.13. The van der Waals surface area contributed by atoms with Crippen molar-refractivity contribution in [2.24, 2.45) is 0 Å².